The minimum absolute atomic E-state index is 0.203. The zero-order chi connectivity index (χ0) is 18.2. The molecule has 0 saturated heterocycles. The standard InChI is InChI=1S/C22H38NO2/c1-3-5-6-7-8-9-10-11-12-13-14-15-19-25-22(24)21-17-16-18-23(4-2)20-21/h16-18,20H,3-15,19H2,1-2H3/q+1. The molecule has 0 aromatic carbocycles. The van der Waals surface area contributed by atoms with Crippen LogP contribution in [0.1, 0.15) is 101 Å². The summed E-state index contributed by atoms with van der Waals surface area (Å²) < 4.78 is 7.35. The Morgan fingerprint density at radius 3 is 2.00 bits per heavy atom. The summed E-state index contributed by atoms with van der Waals surface area (Å²) in [6.45, 7) is 5.72. The van der Waals surface area contributed by atoms with Crippen molar-refractivity contribution in [3.8, 4) is 0 Å². The number of carbonyl (C=O) groups excluding carboxylic acids is 1. The van der Waals surface area contributed by atoms with Gasteiger partial charge in [-0.15, -0.1) is 0 Å². The Labute approximate surface area is 154 Å². The predicted octanol–water partition coefficient (Wildman–Crippen LogP) is 5.85. The van der Waals surface area contributed by atoms with Crippen molar-refractivity contribution in [2.45, 2.75) is 97.4 Å². The Morgan fingerprint density at radius 1 is 0.880 bits per heavy atom. The van der Waals surface area contributed by atoms with Crippen molar-refractivity contribution in [2.75, 3.05) is 6.61 Å². The zero-order valence-corrected chi connectivity index (χ0v) is 16.5. The van der Waals surface area contributed by atoms with Gasteiger partial charge in [0.2, 0.25) is 0 Å². The van der Waals surface area contributed by atoms with Crippen LogP contribution in [0.4, 0.5) is 0 Å². The lowest BCUT2D eigenvalue weighted by molar-refractivity contribution is -0.693. The van der Waals surface area contributed by atoms with E-state index in [1.807, 2.05) is 29.1 Å². The van der Waals surface area contributed by atoms with Crippen molar-refractivity contribution in [2.24, 2.45) is 0 Å². The summed E-state index contributed by atoms with van der Waals surface area (Å²) in [4.78, 5) is 12.0. The largest absolute Gasteiger partial charge is 0.462 e. The molecular weight excluding hydrogens is 310 g/mol. The van der Waals surface area contributed by atoms with E-state index in [9.17, 15) is 4.79 Å². The third kappa shape index (κ3) is 11.0. The molecule has 0 saturated carbocycles. The summed E-state index contributed by atoms with van der Waals surface area (Å²) in [5.41, 5.74) is 0.642. The van der Waals surface area contributed by atoms with Crippen LogP contribution in [0.3, 0.4) is 0 Å². The van der Waals surface area contributed by atoms with Crippen molar-refractivity contribution in [3.63, 3.8) is 0 Å². The molecule has 25 heavy (non-hydrogen) atoms. The minimum Gasteiger partial charge on any atom is -0.462 e. The van der Waals surface area contributed by atoms with Crippen LogP contribution in [0.25, 0.3) is 0 Å². The maximum atomic E-state index is 12.0. The molecule has 0 radical (unpaired) electrons. The van der Waals surface area contributed by atoms with Crippen LogP contribution in [0, 0.1) is 0 Å². The van der Waals surface area contributed by atoms with E-state index in [0.717, 1.165) is 19.4 Å². The first-order chi connectivity index (χ1) is 12.3. The number of pyridine rings is 1. The van der Waals surface area contributed by atoms with Crippen LogP contribution >= 0.6 is 0 Å². The highest BCUT2D eigenvalue weighted by atomic mass is 16.5. The lowest BCUT2D eigenvalue weighted by Crippen LogP contribution is -2.32. The molecule has 3 nitrogen and oxygen atoms in total. The molecule has 0 bridgehead atoms. The number of carbonyl (C=O) groups is 1. The highest BCUT2D eigenvalue weighted by molar-refractivity contribution is 5.88. The molecule has 1 heterocycles. The van der Waals surface area contributed by atoms with Gasteiger partial charge in [-0.3, -0.25) is 0 Å². The molecule has 1 rings (SSSR count). The van der Waals surface area contributed by atoms with Crippen LogP contribution in [0.2, 0.25) is 0 Å². The molecule has 0 unspecified atom stereocenters. The molecule has 0 aliphatic heterocycles. The van der Waals surface area contributed by atoms with Gasteiger partial charge < -0.3 is 4.74 Å². The molecule has 0 amide bonds. The predicted molar refractivity (Wildman–Crippen MR) is 104 cm³/mol. The Hall–Kier alpha value is -1.38. The SMILES string of the molecule is CCCCCCCCCCCCCCOC(=O)c1ccc[n+](CC)c1. The average Bonchev–Trinajstić information content (AvgIpc) is 2.65. The molecule has 0 atom stereocenters. The van der Waals surface area contributed by atoms with E-state index in [1.54, 1.807) is 0 Å². The van der Waals surface area contributed by atoms with Gasteiger partial charge in [-0.25, -0.2) is 9.36 Å². The fourth-order valence-corrected chi connectivity index (χ4v) is 3.03. The van der Waals surface area contributed by atoms with E-state index >= 15 is 0 Å². The second kappa shape index (κ2) is 14.9. The second-order valence-corrected chi connectivity index (χ2v) is 6.95. The summed E-state index contributed by atoms with van der Waals surface area (Å²) in [6.07, 6.45) is 19.6. The average molecular weight is 349 g/mol. The normalized spacial score (nSPS) is 10.8. The van der Waals surface area contributed by atoms with Crippen LogP contribution in [0.15, 0.2) is 24.5 Å². The van der Waals surface area contributed by atoms with Gasteiger partial charge in [-0.1, -0.05) is 77.6 Å². The second-order valence-electron chi connectivity index (χ2n) is 6.95. The number of aryl methyl sites for hydroxylation is 1. The number of hydrogen-bond acceptors (Lipinski definition) is 2. The Morgan fingerprint density at radius 2 is 1.44 bits per heavy atom. The van der Waals surface area contributed by atoms with Crippen LogP contribution in [0.5, 0.6) is 0 Å². The molecule has 1 aromatic rings. The fourth-order valence-electron chi connectivity index (χ4n) is 3.03. The molecule has 0 spiro atoms. The first-order valence-electron chi connectivity index (χ1n) is 10.4. The first-order valence-corrected chi connectivity index (χ1v) is 10.4. The maximum Gasteiger partial charge on any atom is 0.344 e. The first kappa shape index (κ1) is 21.7. The van der Waals surface area contributed by atoms with Gasteiger partial charge >= 0.3 is 5.97 Å². The molecule has 0 aliphatic carbocycles. The Balaban J connectivity index is 1.92. The van der Waals surface area contributed by atoms with Crippen molar-refractivity contribution in [3.05, 3.63) is 30.1 Å². The van der Waals surface area contributed by atoms with Crippen molar-refractivity contribution in [1.29, 1.82) is 0 Å². The molecule has 142 valence electrons. The van der Waals surface area contributed by atoms with E-state index in [1.165, 1.54) is 64.2 Å². The van der Waals surface area contributed by atoms with E-state index in [0.29, 0.717) is 12.2 Å². The third-order valence-corrected chi connectivity index (χ3v) is 4.69. The van der Waals surface area contributed by atoms with Crippen molar-refractivity contribution in [1.82, 2.24) is 0 Å². The quantitative estimate of drug-likeness (QED) is 0.226. The molecule has 0 fully saturated rings. The van der Waals surface area contributed by atoms with E-state index in [4.69, 9.17) is 4.74 Å². The topological polar surface area (TPSA) is 30.2 Å². The smallest absolute Gasteiger partial charge is 0.344 e. The molecule has 0 N–H and O–H groups in total. The van der Waals surface area contributed by atoms with E-state index < -0.39 is 0 Å². The summed E-state index contributed by atoms with van der Waals surface area (Å²) in [5.74, 6) is -0.203. The summed E-state index contributed by atoms with van der Waals surface area (Å²) in [7, 11) is 0. The van der Waals surface area contributed by atoms with Gasteiger partial charge in [0.15, 0.2) is 12.4 Å². The van der Waals surface area contributed by atoms with Gasteiger partial charge in [-0.05, 0) is 19.4 Å². The summed E-state index contributed by atoms with van der Waals surface area (Å²) >= 11 is 0. The highest BCUT2D eigenvalue weighted by Gasteiger charge is 2.10. The molecule has 3 heteroatoms. The Kier molecular flexibility index (Phi) is 12.9. The molecule has 1 aromatic heterocycles. The van der Waals surface area contributed by atoms with Gasteiger partial charge in [0.25, 0.3) is 0 Å². The minimum atomic E-state index is -0.203. The molecular formula is C22H38NO2+. The zero-order valence-electron chi connectivity index (χ0n) is 16.5. The number of ether oxygens (including phenoxy) is 1. The van der Waals surface area contributed by atoms with Crippen LogP contribution in [-0.4, -0.2) is 12.6 Å². The molecule has 0 aliphatic rings. The Bertz CT molecular complexity index is 459. The van der Waals surface area contributed by atoms with Gasteiger partial charge in [0.1, 0.15) is 12.1 Å². The number of rotatable bonds is 15. The number of nitrogens with zero attached hydrogens (tertiary/aromatic N) is 1. The maximum absolute atomic E-state index is 12.0. The number of hydrogen-bond donors (Lipinski definition) is 0. The van der Waals surface area contributed by atoms with Gasteiger partial charge in [-0.2, -0.15) is 0 Å². The van der Waals surface area contributed by atoms with E-state index in [2.05, 4.69) is 13.8 Å². The monoisotopic (exact) mass is 348 g/mol. The summed E-state index contributed by atoms with van der Waals surface area (Å²) in [6, 6.07) is 3.71. The van der Waals surface area contributed by atoms with Crippen LogP contribution in [-0.2, 0) is 11.3 Å². The lowest BCUT2D eigenvalue weighted by atomic mass is 10.1. The van der Waals surface area contributed by atoms with Crippen LogP contribution < -0.4 is 4.57 Å². The third-order valence-electron chi connectivity index (χ3n) is 4.69. The number of unbranched alkanes of at least 4 members (excludes halogenated alkanes) is 11. The highest BCUT2D eigenvalue weighted by Crippen LogP contribution is 2.12. The summed E-state index contributed by atoms with van der Waals surface area (Å²) in [5, 5.41) is 0. The number of esters is 1. The number of aromatic nitrogens is 1. The van der Waals surface area contributed by atoms with Crippen molar-refractivity contribution < 1.29 is 14.1 Å². The van der Waals surface area contributed by atoms with Gasteiger partial charge in [0.05, 0.1) is 6.61 Å². The lowest BCUT2D eigenvalue weighted by Gasteiger charge is -2.05. The van der Waals surface area contributed by atoms with E-state index in [-0.39, 0.29) is 5.97 Å². The van der Waals surface area contributed by atoms with Gasteiger partial charge in [0, 0.05) is 6.07 Å². The van der Waals surface area contributed by atoms with Crippen molar-refractivity contribution >= 4 is 5.97 Å². The fraction of sp³-hybridized carbons (Fsp3) is 0.727.